The molecule has 0 aromatic heterocycles. The molecule has 30 heavy (non-hydrogen) atoms. The smallest absolute Gasteiger partial charge is 0.340 e. The summed E-state index contributed by atoms with van der Waals surface area (Å²) in [5.41, 5.74) is 1.32. The summed E-state index contributed by atoms with van der Waals surface area (Å²) in [7, 11) is 1.57. The third kappa shape index (κ3) is 3.94. The van der Waals surface area contributed by atoms with Crippen LogP contribution in [0.4, 0.5) is 5.69 Å². The summed E-state index contributed by atoms with van der Waals surface area (Å²) in [5, 5.41) is 3.18. The van der Waals surface area contributed by atoms with Gasteiger partial charge in [-0.3, -0.25) is 4.79 Å². The van der Waals surface area contributed by atoms with E-state index in [9.17, 15) is 9.59 Å². The number of carbonyl (C=O) groups excluding carboxylic acids is 2. The number of carbonyl (C=O) groups is 2. The van der Waals surface area contributed by atoms with Gasteiger partial charge in [0.25, 0.3) is 5.91 Å². The monoisotopic (exact) mass is 417 g/mol. The number of amides is 1. The first kappa shape index (κ1) is 22.6. The Balaban J connectivity index is 1.96. The van der Waals surface area contributed by atoms with Crippen molar-refractivity contribution < 1.29 is 23.5 Å². The van der Waals surface area contributed by atoms with Crippen molar-refractivity contribution in [3.63, 3.8) is 0 Å². The molecule has 0 unspecified atom stereocenters. The van der Waals surface area contributed by atoms with Crippen molar-refractivity contribution in [2.45, 2.75) is 71.3 Å². The molecule has 1 amide bonds. The van der Waals surface area contributed by atoms with Gasteiger partial charge >= 0.3 is 5.97 Å². The number of hydrogen-bond acceptors (Lipinski definition) is 4. The minimum Gasteiger partial charge on any atom is -0.497 e. The van der Waals surface area contributed by atoms with Gasteiger partial charge in [-0.15, -0.1) is 0 Å². The summed E-state index contributed by atoms with van der Waals surface area (Å²) in [4.78, 5) is 26.5. The van der Waals surface area contributed by atoms with Crippen LogP contribution < -0.4 is 10.1 Å². The summed E-state index contributed by atoms with van der Waals surface area (Å²) in [5.74, 6) is 0.194. The first-order chi connectivity index (χ1) is 14.4. The average molecular weight is 418 g/mol. The van der Waals surface area contributed by atoms with E-state index in [0.717, 1.165) is 48.9 Å². The van der Waals surface area contributed by atoms with Crippen molar-refractivity contribution in [3.05, 3.63) is 23.3 Å². The van der Waals surface area contributed by atoms with Crippen LogP contribution in [0.1, 0.15) is 74.7 Å². The van der Waals surface area contributed by atoms with E-state index < -0.39 is 11.5 Å². The highest BCUT2D eigenvalue weighted by Crippen LogP contribution is 2.46. The first-order valence-electron chi connectivity index (χ1n) is 11.5. The lowest BCUT2D eigenvalue weighted by Gasteiger charge is -2.56. The molecule has 1 aromatic carbocycles. The van der Waals surface area contributed by atoms with Gasteiger partial charge in [0.15, 0.2) is 5.54 Å². The van der Waals surface area contributed by atoms with Crippen LogP contribution in [-0.2, 0) is 9.53 Å². The number of aryl methyl sites for hydroxylation is 1. The largest absolute Gasteiger partial charge is 0.497 e. The first-order valence-corrected chi connectivity index (χ1v) is 11.5. The van der Waals surface area contributed by atoms with E-state index in [1.807, 2.05) is 13.0 Å². The molecular weight excluding hydrogens is 380 g/mol. The normalized spacial score (nSPS) is 19.9. The average Bonchev–Trinajstić information content (AvgIpc) is 2.95. The third-order valence-corrected chi connectivity index (χ3v) is 7.32. The molecule has 2 fully saturated rings. The highest BCUT2D eigenvalue weighted by molar-refractivity contribution is 6.05. The Morgan fingerprint density at radius 3 is 2.23 bits per heavy atom. The SMILES string of the molecule is CCOC(=O)c1cc(OC)cc(C)c1NC(=O)C1([N+]2(CC)CCCCCC2)CCC1. The van der Waals surface area contributed by atoms with Gasteiger partial charge in [0.1, 0.15) is 5.75 Å². The maximum Gasteiger partial charge on any atom is 0.340 e. The predicted octanol–water partition coefficient (Wildman–Crippen LogP) is 4.45. The Morgan fingerprint density at radius 2 is 1.73 bits per heavy atom. The molecular formula is C24H37N2O4+. The topological polar surface area (TPSA) is 64.6 Å². The van der Waals surface area contributed by atoms with Crippen molar-refractivity contribution >= 4 is 17.6 Å². The Labute approximate surface area is 180 Å². The zero-order chi connectivity index (χ0) is 21.8. The van der Waals surface area contributed by atoms with Crippen LogP contribution in [-0.4, -0.2) is 55.2 Å². The van der Waals surface area contributed by atoms with E-state index in [1.54, 1.807) is 20.1 Å². The molecule has 1 saturated heterocycles. The second-order valence-electron chi connectivity index (χ2n) is 8.75. The number of likely N-dealkylation sites (N-methyl/N-ethyl adjacent to an activating group) is 1. The van der Waals surface area contributed by atoms with Gasteiger partial charge in [0.2, 0.25) is 0 Å². The number of benzene rings is 1. The van der Waals surface area contributed by atoms with E-state index >= 15 is 0 Å². The Morgan fingerprint density at radius 1 is 1.07 bits per heavy atom. The van der Waals surface area contributed by atoms with Gasteiger partial charge in [0.05, 0.1) is 44.6 Å². The van der Waals surface area contributed by atoms with Gasteiger partial charge in [-0.2, -0.15) is 0 Å². The Hall–Kier alpha value is -2.08. The van der Waals surface area contributed by atoms with Crippen LogP contribution in [0.25, 0.3) is 0 Å². The minimum absolute atomic E-state index is 0.0521. The zero-order valence-corrected chi connectivity index (χ0v) is 19.0. The fraction of sp³-hybridized carbons (Fsp3) is 0.667. The molecule has 0 atom stereocenters. The van der Waals surface area contributed by atoms with Crippen LogP contribution in [0.15, 0.2) is 12.1 Å². The van der Waals surface area contributed by atoms with Gasteiger partial charge in [0, 0.05) is 12.8 Å². The number of rotatable bonds is 7. The molecule has 166 valence electrons. The summed E-state index contributed by atoms with van der Waals surface area (Å²) >= 11 is 0. The van der Waals surface area contributed by atoms with Crippen LogP contribution in [0.5, 0.6) is 5.75 Å². The van der Waals surface area contributed by atoms with E-state index in [4.69, 9.17) is 9.47 Å². The number of methoxy groups -OCH3 is 1. The summed E-state index contributed by atoms with van der Waals surface area (Å²) in [6.07, 6.45) is 7.77. The van der Waals surface area contributed by atoms with E-state index in [1.165, 1.54) is 25.7 Å². The van der Waals surface area contributed by atoms with E-state index in [0.29, 0.717) is 17.0 Å². The van der Waals surface area contributed by atoms with Crippen molar-refractivity contribution in [2.75, 3.05) is 38.7 Å². The lowest BCUT2D eigenvalue weighted by molar-refractivity contribution is -0.970. The molecule has 1 heterocycles. The van der Waals surface area contributed by atoms with Crippen molar-refractivity contribution in [2.24, 2.45) is 0 Å². The van der Waals surface area contributed by atoms with Crippen LogP contribution in [0.3, 0.4) is 0 Å². The van der Waals surface area contributed by atoms with Crippen molar-refractivity contribution in [1.29, 1.82) is 0 Å². The predicted molar refractivity (Wildman–Crippen MR) is 118 cm³/mol. The number of nitrogens with one attached hydrogen (secondary N) is 1. The van der Waals surface area contributed by atoms with Gasteiger partial charge in [-0.05, 0) is 70.6 Å². The number of nitrogens with zero attached hydrogens (tertiary/aromatic N) is 1. The maximum atomic E-state index is 13.8. The van der Waals surface area contributed by atoms with Crippen LogP contribution in [0.2, 0.25) is 0 Å². The Bertz CT molecular complexity index is 778. The molecule has 0 bridgehead atoms. The second-order valence-corrected chi connectivity index (χ2v) is 8.75. The van der Waals surface area contributed by atoms with E-state index in [2.05, 4.69) is 12.2 Å². The highest BCUT2D eigenvalue weighted by atomic mass is 16.5. The quantitative estimate of drug-likeness (QED) is 0.526. The molecule has 1 N–H and O–H groups in total. The molecule has 0 spiro atoms. The molecule has 6 heteroatoms. The Kier molecular flexibility index (Phi) is 7.06. The molecule has 1 aromatic rings. The fourth-order valence-corrected chi connectivity index (χ4v) is 5.41. The maximum absolute atomic E-state index is 13.8. The lowest BCUT2D eigenvalue weighted by Crippen LogP contribution is -2.72. The summed E-state index contributed by atoms with van der Waals surface area (Å²) in [6.45, 7) is 9.28. The molecule has 1 saturated carbocycles. The highest BCUT2D eigenvalue weighted by Gasteiger charge is 2.59. The molecule has 1 aliphatic heterocycles. The number of esters is 1. The standard InChI is InChI=1S/C24H36N2O4/c1-5-26(14-9-7-8-10-15-26)24(12-11-13-24)23(28)25-21-18(3)16-19(29-4)17-20(21)22(27)30-6-2/h16-17H,5-15H2,1-4H3/p+1. The number of quaternary nitrogens is 1. The number of anilines is 1. The van der Waals surface area contributed by atoms with Gasteiger partial charge < -0.3 is 19.3 Å². The number of ether oxygens (including phenoxy) is 2. The summed E-state index contributed by atoms with van der Waals surface area (Å²) < 4.78 is 11.5. The molecule has 2 aliphatic rings. The third-order valence-electron chi connectivity index (χ3n) is 7.32. The van der Waals surface area contributed by atoms with Crippen LogP contribution in [0, 0.1) is 6.92 Å². The second kappa shape index (κ2) is 9.38. The van der Waals surface area contributed by atoms with Gasteiger partial charge in [-0.1, -0.05) is 0 Å². The van der Waals surface area contributed by atoms with Gasteiger partial charge in [-0.25, -0.2) is 4.79 Å². The lowest BCUT2D eigenvalue weighted by atomic mass is 9.72. The van der Waals surface area contributed by atoms with Crippen molar-refractivity contribution in [1.82, 2.24) is 0 Å². The number of hydrogen-bond donors (Lipinski definition) is 1. The molecule has 1 aliphatic carbocycles. The minimum atomic E-state index is -0.438. The fourth-order valence-electron chi connectivity index (χ4n) is 5.41. The summed E-state index contributed by atoms with van der Waals surface area (Å²) in [6, 6.07) is 3.51. The van der Waals surface area contributed by atoms with E-state index in [-0.39, 0.29) is 12.5 Å². The van der Waals surface area contributed by atoms with Crippen LogP contribution >= 0.6 is 0 Å². The molecule has 3 rings (SSSR count). The molecule has 6 nitrogen and oxygen atoms in total. The zero-order valence-electron chi connectivity index (χ0n) is 19.0. The molecule has 0 radical (unpaired) electrons. The number of likely N-dealkylation sites (tertiary alicyclic amines) is 1. The van der Waals surface area contributed by atoms with Crippen molar-refractivity contribution in [3.8, 4) is 5.75 Å².